The van der Waals surface area contributed by atoms with Crippen molar-refractivity contribution in [1.82, 2.24) is 9.88 Å². The largest absolute Gasteiger partial charge is 0.461 e. The van der Waals surface area contributed by atoms with Crippen LogP contribution < -0.4 is 5.32 Å². The summed E-state index contributed by atoms with van der Waals surface area (Å²) >= 11 is 1.17. The Morgan fingerprint density at radius 3 is 2.73 bits per heavy atom. The Bertz CT molecular complexity index is 1120. The van der Waals surface area contributed by atoms with Gasteiger partial charge in [-0.1, -0.05) is 12.1 Å². The summed E-state index contributed by atoms with van der Waals surface area (Å²) in [6.45, 7) is 3.01. The number of anilines is 1. The third-order valence-electron chi connectivity index (χ3n) is 5.00. The Hall–Kier alpha value is -2.79. The van der Waals surface area contributed by atoms with Gasteiger partial charge in [-0.3, -0.25) is 4.79 Å². The highest BCUT2D eigenvalue weighted by Crippen LogP contribution is 2.30. The van der Waals surface area contributed by atoms with Crippen LogP contribution in [0.15, 0.2) is 38.9 Å². The standard InChI is InChI=1S/C19H20N4O5S2/c1-2-28-18(25)14-11-29-19(20-14)21-17(24)12-7-9-23(10-8-12)16-13-5-3-4-6-15(13)30(26,27)22-16/h3-6,11-12H,2,7-10H2,1H3,(H,20,21,24). The van der Waals surface area contributed by atoms with Gasteiger partial charge < -0.3 is 15.0 Å². The average molecular weight is 449 g/mol. The van der Waals surface area contributed by atoms with E-state index in [4.69, 9.17) is 4.74 Å². The number of carbonyl (C=O) groups excluding carboxylic acids is 2. The normalized spacial score (nSPS) is 17.9. The van der Waals surface area contributed by atoms with E-state index >= 15 is 0 Å². The number of fused-ring (bicyclic) bond motifs is 1. The number of hydrogen-bond donors (Lipinski definition) is 1. The van der Waals surface area contributed by atoms with E-state index in [0.717, 1.165) is 0 Å². The molecule has 2 aromatic rings. The number of amidine groups is 1. The predicted molar refractivity (Wildman–Crippen MR) is 111 cm³/mol. The molecule has 0 radical (unpaired) electrons. The first-order valence-electron chi connectivity index (χ1n) is 9.52. The molecule has 0 atom stereocenters. The highest BCUT2D eigenvalue weighted by atomic mass is 32.2. The minimum atomic E-state index is -3.66. The van der Waals surface area contributed by atoms with E-state index < -0.39 is 16.0 Å². The van der Waals surface area contributed by atoms with Crippen LogP contribution in [0.4, 0.5) is 5.13 Å². The molecule has 4 rings (SSSR count). The summed E-state index contributed by atoms with van der Waals surface area (Å²) in [6.07, 6.45) is 1.12. The summed E-state index contributed by atoms with van der Waals surface area (Å²) in [5, 5.41) is 4.66. The van der Waals surface area contributed by atoms with Crippen molar-refractivity contribution < 1.29 is 22.7 Å². The average Bonchev–Trinajstić information content (AvgIpc) is 3.31. The number of benzene rings is 1. The molecule has 1 amide bonds. The van der Waals surface area contributed by atoms with E-state index in [9.17, 15) is 18.0 Å². The van der Waals surface area contributed by atoms with Gasteiger partial charge in [-0.05, 0) is 31.9 Å². The first kappa shape index (κ1) is 20.5. The van der Waals surface area contributed by atoms with Crippen molar-refractivity contribution in [2.45, 2.75) is 24.7 Å². The van der Waals surface area contributed by atoms with Gasteiger partial charge in [0.2, 0.25) is 5.91 Å². The number of esters is 1. The van der Waals surface area contributed by atoms with E-state index in [0.29, 0.717) is 42.5 Å². The molecular formula is C19H20N4O5S2. The fourth-order valence-corrected chi connectivity index (χ4v) is 5.42. The number of sulfonamides is 1. The summed E-state index contributed by atoms with van der Waals surface area (Å²) in [4.78, 5) is 30.5. The van der Waals surface area contributed by atoms with Crippen molar-refractivity contribution in [1.29, 1.82) is 0 Å². The lowest BCUT2D eigenvalue weighted by molar-refractivity contribution is -0.121. The number of aromatic nitrogens is 1. The maximum absolute atomic E-state index is 12.6. The van der Waals surface area contributed by atoms with Crippen LogP contribution >= 0.6 is 11.3 Å². The van der Waals surface area contributed by atoms with E-state index in [2.05, 4.69) is 14.7 Å². The highest BCUT2D eigenvalue weighted by molar-refractivity contribution is 7.90. The first-order chi connectivity index (χ1) is 14.4. The molecule has 0 aliphatic carbocycles. The second kappa shape index (κ2) is 8.15. The highest BCUT2D eigenvalue weighted by Gasteiger charge is 2.34. The predicted octanol–water partition coefficient (Wildman–Crippen LogP) is 2.12. The second-order valence-electron chi connectivity index (χ2n) is 6.90. The molecule has 2 aliphatic rings. The number of likely N-dealkylation sites (tertiary alicyclic amines) is 1. The molecular weight excluding hydrogens is 428 g/mol. The number of nitrogens with one attached hydrogen (secondary N) is 1. The molecule has 1 aromatic carbocycles. The Morgan fingerprint density at radius 1 is 1.27 bits per heavy atom. The Balaban J connectivity index is 1.37. The van der Waals surface area contributed by atoms with Crippen LogP contribution in [-0.2, 0) is 19.6 Å². The fraction of sp³-hybridized carbons (Fsp3) is 0.368. The van der Waals surface area contributed by atoms with Crippen LogP contribution in [0, 0.1) is 5.92 Å². The third kappa shape index (κ3) is 3.94. The van der Waals surface area contributed by atoms with Gasteiger partial charge in [-0.2, -0.15) is 8.42 Å². The Morgan fingerprint density at radius 2 is 2.00 bits per heavy atom. The minimum absolute atomic E-state index is 0.166. The number of ether oxygens (including phenoxy) is 1. The summed E-state index contributed by atoms with van der Waals surface area (Å²) in [5.41, 5.74) is 0.778. The Kier molecular flexibility index (Phi) is 5.56. The SMILES string of the molecule is CCOC(=O)c1csc(NC(=O)C2CCN(C3=NS(=O)(=O)c4ccccc43)CC2)n1. The van der Waals surface area contributed by atoms with Gasteiger partial charge in [0.25, 0.3) is 10.0 Å². The van der Waals surface area contributed by atoms with E-state index in [1.807, 2.05) is 4.90 Å². The molecule has 3 heterocycles. The van der Waals surface area contributed by atoms with Crippen molar-refractivity contribution in [3.05, 3.63) is 40.9 Å². The molecule has 11 heteroatoms. The molecule has 0 spiro atoms. The number of amides is 1. The maximum atomic E-state index is 12.6. The maximum Gasteiger partial charge on any atom is 0.357 e. The second-order valence-corrected chi connectivity index (χ2v) is 9.33. The zero-order valence-electron chi connectivity index (χ0n) is 16.2. The van der Waals surface area contributed by atoms with E-state index in [1.54, 1.807) is 36.6 Å². The molecule has 0 bridgehead atoms. The summed E-state index contributed by atoms with van der Waals surface area (Å²) in [7, 11) is -3.66. The van der Waals surface area contributed by atoms with Crippen LogP contribution in [0.1, 0.15) is 35.8 Å². The van der Waals surface area contributed by atoms with Crippen molar-refractivity contribution in [2.75, 3.05) is 25.0 Å². The number of nitrogens with zero attached hydrogens (tertiary/aromatic N) is 3. The lowest BCUT2D eigenvalue weighted by atomic mass is 9.95. The van der Waals surface area contributed by atoms with Crippen LogP contribution in [0.5, 0.6) is 0 Å². The first-order valence-corrected chi connectivity index (χ1v) is 11.8. The smallest absolute Gasteiger partial charge is 0.357 e. The molecule has 0 saturated carbocycles. The van der Waals surface area contributed by atoms with Gasteiger partial charge in [0.15, 0.2) is 16.7 Å². The topological polar surface area (TPSA) is 118 Å². The Labute approximate surface area is 177 Å². The molecule has 1 aromatic heterocycles. The van der Waals surface area contributed by atoms with Gasteiger partial charge in [0.1, 0.15) is 4.90 Å². The number of carbonyl (C=O) groups is 2. The van der Waals surface area contributed by atoms with Crippen molar-refractivity contribution in [3.63, 3.8) is 0 Å². The molecule has 0 unspecified atom stereocenters. The van der Waals surface area contributed by atoms with Crippen LogP contribution in [0.3, 0.4) is 0 Å². The number of piperidine rings is 1. The zero-order chi connectivity index (χ0) is 21.3. The molecule has 30 heavy (non-hydrogen) atoms. The van der Waals surface area contributed by atoms with Gasteiger partial charge in [-0.25, -0.2) is 9.78 Å². The molecule has 9 nitrogen and oxygen atoms in total. The van der Waals surface area contributed by atoms with E-state index in [-0.39, 0.29) is 29.0 Å². The van der Waals surface area contributed by atoms with E-state index in [1.165, 1.54) is 11.3 Å². The summed E-state index contributed by atoms with van der Waals surface area (Å²) in [5.74, 6) is -0.468. The summed E-state index contributed by atoms with van der Waals surface area (Å²) in [6, 6.07) is 6.77. The van der Waals surface area contributed by atoms with Gasteiger partial charge in [0.05, 0.1) is 6.61 Å². The molecule has 158 valence electrons. The number of thiazole rings is 1. The molecule has 1 fully saturated rings. The van der Waals surface area contributed by atoms with Crippen molar-refractivity contribution in [2.24, 2.45) is 10.3 Å². The van der Waals surface area contributed by atoms with Crippen molar-refractivity contribution >= 4 is 44.2 Å². The molecule has 1 N–H and O–H groups in total. The lowest BCUT2D eigenvalue weighted by Crippen LogP contribution is -2.41. The van der Waals surface area contributed by atoms with Crippen molar-refractivity contribution in [3.8, 4) is 0 Å². The van der Waals surface area contributed by atoms with Gasteiger partial charge in [-0.15, -0.1) is 15.7 Å². The van der Waals surface area contributed by atoms with Crippen LogP contribution in [0.2, 0.25) is 0 Å². The summed E-state index contributed by atoms with van der Waals surface area (Å²) < 4.78 is 33.4. The molecule has 1 saturated heterocycles. The van der Waals surface area contributed by atoms with Crippen LogP contribution in [-0.4, -0.2) is 55.7 Å². The van der Waals surface area contributed by atoms with Gasteiger partial charge in [0, 0.05) is 30.0 Å². The quantitative estimate of drug-likeness (QED) is 0.712. The number of rotatable bonds is 4. The van der Waals surface area contributed by atoms with Gasteiger partial charge >= 0.3 is 5.97 Å². The fourth-order valence-electron chi connectivity index (χ4n) is 3.51. The number of hydrogen-bond acceptors (Lipinski definition) is 8. The van der Waals surface area contributed by atoms with Crippen LogP contribution in [0.25, 0.3) is 0 Å². The molecule has 2 aliphatic heterocycles. The minimum Gasteiger partial charge on any atom is -0.461 e. The third-order valence-corrected chi connectivity index (χ3v) is 7.08. The monoisotopic (exact) mass is 448 g/mol. The zero-order valence-corrected chi connectivity index (χ0v) is 17.8. The lowest BCUT2D eigenvalue weighted by Gasteiger charge is -2.32.